The van der Waals surface area contributed by atoms with Gasteiger partial charge in [0.05, 0.1) is 0 Å². The largest absolute Gasteiger partial charge is 0.396 e. The van der Waals surface area contributed by atoms with E-state index in [1.807, 2.05) is 19.1 Å². The van der Waals surface area contributed by atoms with E-state index in [0.29, 0.717) is 19.6 Å². The molecule has 0 aromatic heterocycles. The van der Waals surface area contributed by atoms with Crippen molar-refractivity contribution < 1.29 is 14.6 Å². The van der Waals surface area contributed by atoms with Gasteiger partial charge in [-0.3, -0.25) is 4.79 Å². The zero-order valence-electron chi connectivity index (χ0n) is 9.82. The Morgan fingerprint density at radius 2 is 2.38 bits per heavy atom. The molecule has 0 aromatic carbocycles. The molecule has 0 bridgehead atoms. The number of carbonyl (C=O) groups is 1. The Morgan fingerprint density at radius 3 is 3.00 bits per heavy atom. The number of hydrogen-bond donors (Lipinski definition) is 2. The molecule has 2 atom stereocenters. The summed E-state index contributed by atoms with van der Waals surface area (Å²) < 4.78 is 5.16. The fraction of sp³-hybridized carbons (Fsp3) is 0.750. The summed E-state index contributed by atoms with van der Waals surface area (Å²) in [5.74, 6) is 0.265. The summed E-state index contributed by atoms with van der Waals surface area (Å²) in [6, 6.07) is 0.0942. The summed E-state index contributed by atoms with van der Waals surface area (Å²) in [4.78, 5) is 11.5. The summed E-state index contributed by atoms with van der Waals surface area (Å²) in [5.41, 5.74) is 0. The van der Waals surface area contributed by atoms with Crippen LogP contribution in [0.4, 0.5) is 0 Å². The summed E-state index contributed by atoms with van der Waals surface area (Å²) in [6.07, 6.45) is 6.01. The predicted octanol–water partition coefficient (Wildman–Crippen LogP) is 0.856. The fourth-order valence-electron chi connectivity index (χ4n) is 1.78. The van der Waals surface area contributed by atoms with Crippen molar-refractivity contribution in [2.75, 3.05) is 19.8 Å². The Labute approximate surface area is 96.7 Å². The minimum absolute atomic E-state index is 0.0629. The Kier molecular flexibility index (Phi) is 6.11. The molecule has 1 amide bonds. The number of ether oxygens (including phenoxy) is 1. The van der Waals surface area contributed by atoms with Crippen LogP contribution in [0.1, 0.15) is 26.2 Å². The molecule has 1 aliphatic rings. The minimum Gasteiger partial charge on any atom is -0.396 e. The monoisotopic (exact) mass is 227 g/mol. The molecule has 4 heteroatoms. The topological polar surface area (TPSA) is 58.6 Å². The number of carbonyl (C=O) groups excluding carboxylic acids is 1. The van der Waals surface area contributed by atoms with Crippen molar-refractivity contribution in [3.05, 3.63) is 12.2 Å². The average Bonchev–Trinajstić information content (AvgIpc) is 2.72. The highest BCUT2D eigenvalue weighted by Gasteiger charge is 2.19. The van der Waals surface area contributed by atoms with E-state index in [9.17, 15) is 4.79 Å². The third-order valence-corrected chi connectivity index (χ3v) is 2.65. The molecule has 0 aromatic rings. The molecule has 1 aliphatic carbocycles. The number of nitrogens with one attached hydrogen (secondary N) is 1. The van der Waals surface area contributed by atoms with E-state index in [2.05, 4.69) is 5.32 Å². The summed E-state index contributed by atoms with van der Waals surface area (Å²) in [5, 5.41) is 11.9. The highest BCUT2D eigenvalue weighted by molar-refractivity contribution is 5.76. The van der Waals surface area contributed by atoms with Crippen molar-refractivity contribution in [1.82, 2.24) is 5.32 Å². The maximum atomic E-state index is 11.5. The molecule has 0 saturated carbocycles. The van der Waals surface area contributed by atoms with Crippen LogP contribution in [-0.2, 0) is 9.53 Å². The molecule has 92 valence electrons. The van der Waals surface area contributed by atoms with Gasteiger partial charge in [-0.25, -0.2) is 0 Å². The van der Waals surface area contributed by atoms with Gasteiger partial charge >= 0.3 is 0 Å². The first-order chi connectivity index (χ1) is 7.76. The third kappa shape index (κ3) is 4.77. The number of aliphatic hydroxyl groups excluding tert-OH is 1. The number of hydrogen-bond acceptors (Lipinski definition) is 3. The molecule has 0 heterocycles. The zero-order chi connectivity index (χ0) is 11.8. The van der Waals surface area contributed by atoms with Crippen LogP contribution in [0.3, 0.4) is 0 Å². The molecule has 2 N–H and O–H groups in total. The Balaban J connectivity index is 2.09. The third-order valence-electron chi connectivity index (χ3n) is 2.65. The molecule has 0 fully saturated rings. The first kappa shape index (κ1) is 13.2. The Hall–Kier alpha value is -0.870. The van der Waals surface area contributed by atoms with Gasteiger partial charge in [-0.2, -0.15) is 0 Å². The van der Waals surface area contributed by atoms with E-state index in [0.717, 1.165) is 12.8 Å². The van der Waals surface area contributed by atoms with Crippen LogP contribution < -0.4 is 5.32 Å². The lowest BCUT2D eigenvalue weighted by atomic mass is 10.1. The van der Waals surface area contributed by atoms with Crippen LogP contribution in [0.2, 0.25) is 0 Å². The van der Waals surface area contributed by atoms with E-state index in [-0.39, 0.29) is 24.5 Å². The molecule has 0 unspecified atom stereocenters. The second-order valence-electron chi connectivity index (χ2n) is 4.04. The van der Waals surface area contributed by atoms with E-state index < -0.39 is 0 Å². The molecule has 4 nitrogen and oxygen atoms in total. The Bertz CT molecular complexity index is 240. The SMILES string of the molecule is CCOCCCC(=O)N[C@@H]1C=C[C@H](CO)C1. The van der Waals surface area contributed by atoms with E-state index >= 15 is 0 Å². The van der Waals surface area contributed by atoms with Crippen LogP contribution in [0.5, 0.6) is 0 Å². The molecule has 0 radical (unpaired) electrons. The van der Waals surface area contributed by atoms with Crippen LogP contribution >= 0.6 is 0 Å². The van der Waals surface area contributed by atoms with Crippen molar-refractivity contribution in [1.29, 1.82) is 0 Å². The van der Waals surface area contributed by atoms with Crippen molar-refractivity contribution in [3.8, 4) is 0 Å². The minimum atomic E-state index is 0.0629. The molecule has 1 rings (SSSR count). The maximum Gasteiger partial charge on any atom is 0.220 e. The smallest absolute Gasteiger partial charge is 0.220 e. The lowest BCUT2D eigenvalue weighted by Gasteiger charge is -2.12. The van der Waals surface area contributed by atoms with Crippen molar-refractivity contribution in [2.45, 2.75) is 32.2 Å². The van der Waals surface area contributed by atoms with Gasteiger partial charge in [0.1, 0.15) is 0 Å². The van der Waals surface area contributed by atoms with Crippen LogP contribution in [-0.4, -0.2) is 36.9 Å². The van der Waals surface area contributed by atoms with E-state index in [1.165, 1.54) is 0 Å². The first-order valence-corrected chi connectivity index (χ1v) is 5.92. The summed E-state index contributed by atoms with van der Waals surface area (Å²) in [6.45, 7) is 3.44. The number of aliphatic hydroxyl groups is 1. The van der Waals surface area contributed by atoms with Gasteiger partial charge in [0, 0.05) is 38.2 Å². The highest BCUT2D eigenvalue weighted by Crippen LogP contribution is 2.16. The quantitative estimate of drug-likeness (QED) is 0.501. The van der Waals surface area contributed by atoms with E-state index in [1.54, 1.807) is 0 Å². The summed E-state index contributed by atoms with van der Waals surface area (Å²) in [7, 11) is 0. The van der Waals surface area contributed by atoms with Gasteiger partial charge in [0.15, 0.2) is 0 Å². The lowest BCUT2D eigenvalue weighted by molar-refractivity contribution is -0.121. The maximum absolute atomic E-state index is 11.5. The van der Waals surface area contributed by atoms with Gasteiger partial charge in [-0.15, -0.1) is 0 Å². The predicted molar refractivity (Wildman–Crippen MR) is 62.0 cm³/mol. The van der Waals surface area contributed by atoms with Gasteiger partial charge in [0.2, 0.25) is 5.91 Å². The molecule has 0 saturated heterocycles. The molecule has 16 heavy (non-hydrogen) atoms. The first-order valence-electron chi connectivity index (χ1n) is 5.92. The molecule has 0 aliphatic heterocycles. The zero-order valence-corrected chi connectivity index (χ0v) is 9.82. The lowest BCUT2D eigenvalue weighted by Crippen LogP contribution is -2.32. The highest BCUT2D eigenvalue weighted by atomic mass is 16.5. The van der Waals surface area contributed by atoms with Crippen LogP contribution in [0.15, 0.2) is 12.2 Å². The van der Waals surface area contributed by atoms with Gasteiger partial charge in [-0.05, 0) is 19.8 Å². The number of rotatable bonds is 7. The van der Waals surface area contributed by atoms with Crippen molar-refractivity contribution in [2.24, 2.45) is 5.92 Å². The average molecular weight is 227 g/mol. The van der Waals surface area contributed by atoms with Gasteiger partial charge in [-0.1, -0.05) is 12.2 Å². The number of amides is 1. The fourth-order valence-corrected chi connectivity index (χ4v) is 1.78. The normalized spacial score (nSPS) is 23.6. The van der Waals surface area contributed by atoms with E-state index in [4.69, 9.17) is 9.84 Å². The van der Waals surface area contributed by atoms with Crippen molar-refractivity contribution in [3.63, 3.8) is 0 Å². The molecular formula is C12H21NO3. The Morgan fingerprint density at radius 1 is 1.56 bits per heavy atom. The van der Waals surface area contributed by atoms with Crippen LogP contribution in [0.25, 0.3) is 0 Å². The van der Waals surface area contributed by atoms with Gasteiger partial charge < -0.3 is 15.2 Å². The molecule has 0 spiro atoms. The van der Waals surface area contributed by atoms with Crippen LogP contribution in [0, 0.1) is 5.92 Å². The second kappa shape index (κ2) is 7.41. The summed E-state index contributed by atoms with van der Waals surface area (Å²) >= 11 is 0. The second-order valence-corrected chi connectivity index (χ2v) is 4.04. The molecular weight excluding hydrogens is 206 g/mol. The van der Waals surface area contributed by atoms with Gasteiger partial charge in [0.25, 0.3) is 0 Å². The standard InChI is InChI=1S/C12H21NO3/c1-2-16-7-3-4-12(15)13-11-6-5-10(8-11)9-14/h5-6,10-11,14H,2-4,7-9H2,1H3,(H,13,15)/t10-,11+/m0/s1. The van der Waals surface area contributed by atoms with Crippen molar-refractivity contribution >= 4 is 5.91 Å².